The molecule has 6 heteroatoms. The van der Waals surface area contributed by atoms with Gasteiger partial charge in [0.15, 0.2) is 0 Å². The molecule has 0 radical (unpaired) electrons. The normalized spacial score (nSPS) is 13.9. The number of hydrogen-bond acceptors (Lipinski definition) is 2. The van der Waals surface area contributed by atoms with Gasteiger partial charge in [0.25, 0.3) is 6.71 Å². The first-order valence-corrected chi connectivity index (χ1v) is 34.9. The van der Waals surface area contributed by atoms with Crippen molar-refractivity contribution >= 4 is 123 Å². The maximum Gasteiger partial charge on any atom is 0.252 e. The number of anilines is 6. The number of benzene rings is 11. The van der Waals surface area contributed by atoms with Crippen LogP contribution < -0.4 is 26.2 Å². The molecular weight excluding hydrogens is 1160 g/mol. The molecule has 0 aliphatic carbocycles. The van der Waals surface area contributed by atoms with E-state index in [1.807, 2.05) is 0 Å². The predicted octanol–water partition coefficient (Wildman–Crippen LogP) is 22.8. The zero-order valence-corrected chi connectivity index (χ0v) is 59.6. The Morgan fingerprint density at radius 3 is 0.812 bits per heavy atom. The fourth-order valence-electron chi connectivity index (χ4n) is 15.8. The number of aromatic nitrogens is 3. The van der Waals surface area contributed by atoms with Crippen LogP contribution in [0.5, 0.6) is 0 Å². The van der Waals surface area contributed by atoms with Crippen LogP contribution in [0.25, 0.3) is 82.5 Å². The summed E-state index contributed by atoms with van der Waals surface area (Å²) in [5.74, 6) is 0. The Morgan fingerprint density at radius 2 is 0.500 bits per heavy atom. The summed E-state index contributed by atoms with van der Waals surface area (Å²) in [6, 6.07) is 85.6. The standard InChI is InChI=1S/C90H90BN5/c1-85(2,3)55-33-43-74-70(45-55)71-46-56(86(4,5)6)34-44-75(71)96(74)65-53-82-84-83(54-65)93(62-27-23-20-24-28-62)81-52-64(95-78-49-59(89(13,14)15)31-39-68(78)69-40-32-60(50-79(69)95)90(16,17)18)36-42-73(81)91(84)72-41-35-63(51-80(72)92(82)61-25-21-19-22-26-61)94-76-47-57(87(7,8)9)29-37-66(76)67-38-30-58(48-77(67)94)88(10,11)12/h19-54H,1-18H3. The smallest absolute Gasteiger partial charge is 0.252 e. The van der Waals surface area contributed by atoms with E-state index in [9.17, 15) is 0 Å². The molecule has 11 aromatic carbocycles. The van der Waals surface area contributed by atoms with Crippen LogP contribution in [0.1, 0.15) is 158 Å². The van der Waals surface area contributed by atoms with E-state index in [0.717, 1.165) is 51.2 Å². The monoisotopic (exact) mass is 1250 g/mol. The summed E-state index contributed by atoms with van der Waals surface area (Å²) in [6.07, 6.45) is 0. The molecule has 0 fully saturated rings. The summed E-state index contributed by atoms with van der Waals surface area (Å²) < 4.78 is 7.73. The highest BCUT2D eigenvalue weighted by Crippen LogP contribution is 2.50. The molecule has 0 unspecified atom stereocenters. The molecule has 0 N–H and O–H groups in total. The Morgan fingerprint density at radius 1 is 0.219 bits per heavy atom. The number of rotatable bonds is 5. The van der Waals surface area contributed by atoms with Crippen molar-refractivity contribution < 1.29 is 0 Å². The van der Waals surface area contributed by atoms with E-state index in [2.05, 4.69) is 367 Å². The minimum Gasteiger partial charge on any atom is -0.311 e. The Labute approximate surface area is 568 Å². The molecule has 96 heavy (non-hydrogen) atoms. The second-order valence-corrected chi connectivity index (χ2v) is 34.1. The summed E-state index contributed by atoms with van der Waals surface area (Å²) in [4.78, 5) is 5.21. The van der Waals surface area contributed by atoms with Gasteiger partial charge in [-0.1, -0.05) is 234 Å². The predicted molar refractivity (Wildman–Crippen MR) is 416 cm³/mol. The maximum atomic E-state index is 2.61. The largest absolute Gasteiger partial charge is 0.311 e. The van der Waals surface area contributed by atoms with E-state index >= 15 is 0 Å². The average molecular weight is 1250 g/mol. The third-order valence-corrected chi connectivity index (χ3v) is 21.3. The number of para-hydroxylation sites is 2. The van der Waals surface area contributed by atoms with Crippen LogP contribution in [0.2, 0.25) is 0 Å². The lowest BCUT2D eigenvalue weighted by Crippen LogP contribution is -2.61. The molecule has 5 nitrogen and oxygen atoms in total. The lowest BCUT2D eigenvalue weighted by atomic mass is 9.33. The summed E-state index contributed by atoms with van der Waals surface area (Å²) in [5.41, 5.74) is 28.9. The average Bonchev–Trinajstić information content (AvgIpc) is 1.09. The fourth-order valence-corrected chi connectivity index (χ4v) is 15.8. The Hall–Kier alpha value is -9.52. The molecular formula is C90H90BN5. The van der Waals surface area contributed by atoms with Crippen molar-refractivity contribution in [2.24, 2.45) is 0 Å². The van der Waals surface area contributed by atoms with Crippen LogP contribution in [0, 0.1) is 0 Å². The molecule has 0 atom stereocenters. The molecule has 3 aromatic heterocycles. The van der Waals surface area contributed by atoms with Gasteiger partial charge in [-0.05, 0) is 191 Å². The molecule has 0 amide bonds. The van der Waals surface area contributed by atoms with Crippen LogP contribution in [-0.2, 0) is 32.5 Å². The van der Waals surface area contributed by atoms with Crippen molar-refractivity contribution in [2.75, 3.05) is 9.80 Å². The van der Waals surface area contributed by atoms with E-state index in [1.54, 1.807) is 0 Å². The van der Waals surface area contributed by atoms with Gasteiger partial charge in [0, 0.05) is 77.8 Å². The summed E-state index contributed by atoms with van der Waals surface area (Å²) in [7, 11) is 0. The van der Waals surface area contributed by atoms with E-state index in [4.69, 9.17) is 0 Å². The number of fused-ring (bicyclic) bond motifs is 13. The van der Waals surface area contributed by atoms with Gasteiger partial charge in [-0.2, -0.15) is 0 Å². The minimum atomic E-state index is -0.157. The SMILES string of the molecule is CC(C)(C)c1ccc2c(c1)c1cc(C(C)(C)C)ccc1n2-c1cc2c3c(c1)N(c1ccccc1)c1cc(-n4c5cc(C(C)(C)C)ccc5c5ccc(C(C)(C)C)cc54)ccc1B3c1ccc(-n3c4cc(C(C)(C)C)ccc4c4ccc(C(C)(C)C)cc43)cc1N2c1ccccc1. The van der Waals surface area contributed by atoms with Crippen LogP contribution in [0.15, 0.2) is 218 Å². The first-order chi connectivity index (χ1) is 45.4. The summed E-state index contributed by atoms with van der Waals surface area (Å²) in [5, 5.41) is 7.58. The van der Waals surface area contributed by atoms with Gasteiger partial charge >= 0.3 is 0 Å². The third-order valence-electron chi connectivity index (χ3n) is 21.3. The molecule has 478 valence electrons. The van der Waals surface area contributed by atoms with E-state index in [1.165, 1.54) is 115 Å². The highest BCUT2D eigenvalue weighted by atomic mass is 15.2. The number of hydrogen-bond donors (Lipinski definition) is 0. The van der Waals surface area contributed by atoms with Crippen molar-refractivity contribution in [3.8, 4) is 17.1 Å². The van der Waals surface area contributed by atoms with E-state index in [0.29, 0.717) is 0 Å². The van der Waals surface area contributed by atoms with Gasteiger partial charge in [-0.25, -0.2) is 0 Å². The van der Waals surface area contributed by atoms with Crippen molar-refractivity contribution in [1.29, 1.82) is 0 Å². The summed E-state index contributed by atoms with van der Waals surface area (Å²) in [6.45, 7) is 41.9. The van der Waals surface area contributed by atoms with Gasteiger partial charge in [-0.3, -0.25) is 0 Å². The first kappa shape index (κ1) is 61.4. The van der Waals surface area contributed by atoms with Crippen LogP contribution in [0.4, 0.5) is 34.1 Å². The summed E-state index contributed by atoms with van der Waals surface area (Å²) >= 11 is 0. The van der Waals surface area contributed by atoms with Crippen molar-refractivity contribution in [2.45, 2.75) is 157 Å². The van der Waals surface area contributed by atoms with Crippen molar-refractivity contribution in [3.63, 3.8) is 0 Å². The lowest BCUT2D eigenvalue weighted by Gasteiger charge is -2.44. The lowest BCUT2D eigenvalue weighted by molar-refractivity contribution is 0.590. The molecule has 2 aliphatic heterocycles. The van der Waals surface area contributed by atoms with Crippen LogP contribution in [0.3, 0.4) is 0 Å². The van der Waals surface area contributed by atoms with Crippen molar-refractivity contribution in [1.82, 2.24) is 13.7 Å². The quantitative estimate of drug-likeness (QED) is 0.160. The number of nitrogens with zero attached hydrogens (tertiary/aromatic N) is 5. The van der Waals surface area contributed by atoms with Gasteiger partial charge < -0.3 is 23.5 Å². The minimum absolute atomic E-state index is 0.0495. The van der Waals surface area contributed by atoms with Crippen molar-refractivity contribution in [3.05, 3.63) is 252 Å². The topological polar surface area (TPSA) is 21.3 Å². The van der Waals surface area contributed by atoms with Crippen LogP contribution >= 0.6 is 0 Å². The third kappa shape index (κ3) is 9.69. The highest BCUT2D eigenvalue weighted by Gasteiger charge is 2.45. The first-order valence-electron chi connectivity index (χ1n) is 34.9. The molecule has 2 aliphatic rings. The van der Waals surface area contributed by atoms with E-state index < -0.39 is 0 Å². The second kappa shape index (κ2) is 21.0. The highest BCUT2D eigenvalue weighted by molar-refractivity contribution is 7.00. The molecule has 0 bridgehead atoms. The molecule has 5 heterocycles. The van der Waals surface area contributed by atoms with Crippen LogP contribution in [-0.4, -0.2) is 20.4 Å². The zero-order chi connectivity index (χ0) is 67.2. The van der Waals surface area contributed by atoms with Gasteiger partial charge in [-0.15, -0.1) is 0 Å². The molecule has 0 saturated carbocycles. The Bertz CT molecular complexity index is 5050. The van der Waals surface area contributed by atoms with E-state index in [-0.39, 0.29) is 39.2 Å². The Balaban J connectivity index is 1.05. The van der Waals surface area contributed by atoms with Gasteiger partial charge in [0.05, 0.1) is 38.8 Å². The zero-order valence-electron chi connectivity index (χ0n) is 59.6. The molecule has 14 aromatic rings. The Kier molecular flexibility index (Phi) is 13.4. The molecule has 0 saturated heterocycles. The molecule has 0 spiro atoms. The second-order valence-electron chi connectivity index (χ2n) is 34.1. The van der Waals surface area contributed by atoms with Gasteiger partial charge in [0.1, 0.15) is 0 Å². The van der Waals surface area contributed by atoms with Gasteiger partial charge in [0.2, 0.25) is 0 Å². The fraction of sp³-hybridized carbons (Fsp3) is 0.267. The maximum absolute atomic E-state index is 2.61. The molecule has 16 rings (SSSR count).